The second kappa shape index (κ2) is 36.1. The van der Waals surface area contributed by atoms with Crippen LogP contribution in [0.25, 0.3) is 0 Å². The highest BCUT2D eigenvalue weighted by atomic mass is 16.6. The Morgan fingerprint density at radius 1 is 0.419 bits per heavy atom. The van der Waals surface area contributed by atoms with Gasteiger partial charge < -0.3 is 47.7 Å². The van der Waals surface area contributed by atoms with Gasteiger partial charge in [0, 0.05) is 6.61 Å². The van der Waals surface area contributed by atoms with E-state index in [-0.39, 0.29) is 18.8 Å². The summed E-state index contributed by atoms with van der Waals surface area (Å²) in [5, 5.41) is 8.59. The van der Waals surface area contributed by atoms with Crippen LogP contribution in [0.2, 0.25) is 0 Å². The van der Waals surface area contributed by atoms with Gasteiger partial charge in [-0.1, -0.05) is 65.2 Å². The fraction of sp³-hybridized carbons (Fsp3) is 1.00. The molecule has 0 bridgehead atoms. The number of ether oxygens (including phenoxy) is 9. The smallest absolute Gasteiger partial charge is 0.0807 e. The molecule has 0 amide bonds. The predicted octanol–water partition coefficient (Wildman–Crippen LogP) is 5.07. The van der Waals surface area contributed by atoms with Gasteiger partial charge in [-0.05, 0) is 26.2 Å². The largest absolute Gasteiger partial charge is 0.394 e. The molecule has 10 nitrogen and oxygen atoms in total. The highest BCUT2D eigenvalue weighted by Gasteiger charge is 2.14. The van der Waals surface area contributed by atoms with Crippen LogP contribution >= 0.6 is 0 Å². The van der Waals surface area contributed by atoms with Gasteiger partial charge in [-0.2, -0.15) is 0 Å². The fourth-order valence-corrected chi connectivity index (χ4v) is 4.08. The maximum atomic E-state index is 8.59. The number of unbranched alkanes of at least 4 members (excludes halogenated alkanes) is 7. The molecule has 0 fully saturated rings. The number of aliphatic hydroxyl groups excluding tert-OH is 1. The highest BCUT2D eigenvalue weighted by molar-refractivity contribution is 4.62. The predicted molar refractivity (Wildman–Crippen MR) is 170 cm³/mol. The number of aliphatic hydroxyl groups is 1. The lowest BCUT2D eigenvalue weighted by Crippen LogP contribution is -2.29. The molecule has 0 aliphatic carbocycles. The topological polar surface area (TPSA) is 103 Å². The van der Waals surface area contributed by atoms with E-state index in [1.807, 2.05) is 0 Å². The molecule has 0 aliphatic rings. The van der Waals surface area contributed by atoms with Gasteiger partial charge in [-0.15, -0.1) is 0 Å². The van der Waals surface area contributed by atoms with E-state index in [0.29, 0.717) is 105 Å². The zero-order valence-corrected chi connectivity index (χ0v) is 28.2. The van der Waals surface area contributed by atoms with E-state index in [4.69, 9.17) is 47.7 Å². The first kappa shape index (κ1) is 42.6. The average molecular weight is 625 g/mol. The minimum absolute atomic E-state index is 0.0312. The number of rotatable bonds is 37. The van der Waals surface area contributed by atoms with E-state index in [2.05, 4.69) is 27.7 Å². The Balaban J connectivity index is 3.31. The van der Waals surface area contributed by atoms with Gasteiger partial charge in [0.25, 0.3) is 0 Å². The van der Waals surface area contributed by atoms with Crippen LogP contribution in [0.1, 0.15) is 85.5 Å². The zero-order chi connectivity index (χ0) is 31.5. The van der Waals surface area contributed by atoms with E-state index in [0.717, 1.165) is 6.61 Å². The van der Waals surface area contributed by atoms with Crippen LogP contribution < -0.4 is 0 Å². The Morgan fingerprint density at radius 3 is 1.19 bits per heavy atom. The van der Waals surface area contributed by atoms with E-state index in [9.17, 15) is 0 Å². The quantitative estimate of drug-likeness (QED) is 0.0943. The lowest BCUT2D eigenvalue weighted by Gasteiger charge is -2.23. The maximum absolute atomic E-state index is 8.59. The Kier molecular flexibility index (Phi) is 35.7. The van der Waals surface area contributed by atoms with Gasteiger partial charge >= 0.3 is 0 Å². The second-order valence-corrected chi connectivity index (χ2v) is 11.0. The minimum Gasteiger partial charge on any atom is -0.394 e. The SMILES string of the molecule is CCCCCCCCCCC(C)COC(C)C(C)OCCOCCOCCOCCOCCOCCOCCOCCO. The summed E-state index contributed by atoms with van der Waals surface area (Å²) in [4.78, 5) is 0. The summed E-state index contributed by atoms with van der Waals surface area (Å²) in [6.07, 6.45) is 12.3. The Hall–Kier alpha value is -0.400. The third-order valence-corrected chi connectivity index (χ3v) is 6.93. The number of hydrogen-bond acceptors (Lipinski definition) is 10. The molecule has 0 radical (unpaired) electrons. The van der Waals surface area contributed by atoms with Crippen molar-refractivity contribution in [3.05, 3.63) is 0 Å². The van der Waals surface area contributed by atoms with Crippen molar-refractivity contribution in [2.45, 2.75) is 97.7 Å². The molecule has 43 heavy (non-hydrogen) atoms. The van der Waals surface area contributed by atoms with E-state index < -0.39 is 0 Å². The van der Waals surface area contributed by atoms with Crippen molar-refractivity contribution < 1.29 is 47.7 Å². The van der Waals surface area contributed by atoms with Crippen LogP contribution in [0.5, 0.6) is 0 Å². The maximum Gasteiger partial charge on any atom is 0.0807 e. The molecule has 3 unspecified atom stereocenters. The lowest BCUT2D eigenvalue weighted by molar-refractivity contribution is -0.0786. The molecule has 1 N–H and O–H groups in total. The highest BCUT2D eigenvalue weighted by Crippen LogP contribution is 2.14. The van der Waals surface area contributed by atoms with Crippen molar-refractivity contribution in [2.75, 3.05) is 112 Å². The van der Waals surface area contributed by atoms with E-state index >= 15 is 0 Å². The van der Waals surface area contributed by atoms with Crippen LogP contribution in [0.3, 0.4) is 0 Å². The second-order valence-electron chi connectivity index (χ2n) is 11.0. The molecular formula is C33H68O10. The summed E-state index contributed by atoms with van der Waals surface area (Å²) < 4.78 is 49.9. The molecule has 0 aromatic heterocycles. The van der Waals surface area contributed by atoms with Crippen molar-refractivity contribution in [3.63, 3.8) is 0 Å². The monoisotopic (exact) mass is 624 g/mol. The standard InChI is InChI=1S/C33H68O10/c1-5-6-7-8-9-10-11-12-13-31(2)30-43-33(4)32(3)42-29-28-41-27-26-40-25-24-39-23-22-38-21-20-37-19-18-36-17-16-35-15-14-34/h31-34H,5-30H2,1-4H3. The molecule has 0 saturated carbocycles. The molecule has 0 aromatic rings. The van der Waals surface area contributed by atoms with Crippen LogP contribution in [-0.2, 0) is 42.6 Å². The van der Waals surface area contributed by atoms with Crippen LogP contribution in [-0.4, -0.2) is 130 Å². The molecule has 0 saturated heterocycles. The summed E-state index contributed by atoms with van der Waals surface area (Å²) in [5.41, 5.74) is 0. The van der Waals surface area contributed by atoms with E-state index in [1.165, 1.54) is 57.8 Å². The molecular weight excluding hydrogens is 556 g/mol. The fourth-order valence-electron chi connectivity index (χ4n) is 4.08. The summed E-state index contributed by atoms with van der Waals surface area (Å²) >= 11 is 0. The van der Waals surface area contributed by atoms with Gasteiger partial charge in [-0.3, -0.25) is 0 Å². The molecule has 0 aliphatic heterocycles. The minimum atomic E-state index is 0.0312. The molecule has 0 rings (SSSR count). The summed E-state index contributed by atoms with van der Waals surface area (Å²) in [5.74, 6) is 0.592. The molecule has 0 heterocycles. The number of hydrogen-bond donors (Lipinski definition) is 1. The first-order valence-electron chi connectivity index (χ1n) is 17.0. The third-order valence-electron chi connectivity index (χ3n) is 6.93. The summed E-state index contributed by atoms with van der Waals surface area (Å²) in [6.45, 7) is 17.2. The summed E-state index contributed by atoms with van der Waals surface area (Å²) in [7, 11) is 0. The van der Waals surface area contributed by atoms with Gasteiger partial charge in [0.1, 0.15) is 0 Å². The van der Waals surface area contributed by atoms with Crippen LogP contribution in [0.4, 0.5) is 0 Å². The molecule has 0 aromatic carbocycles. The zero-order valence-electron chi connectivity index (χ0n) is 28.2. The van der Waals surface area contributed by atoms with Crippen molar-refractivity contribution in [1.29, 1.82) is 0 Å². The van der Waals surface area contributed by atoms with Gasteiger partial charge in [0.15, 0.2) is 0 Å². The Bertz CT molecular complexity index is 514. The average Bonchev–Trinajstić information content (AvgIpc) is 3.01. The van der Waals surface area contributed by atoms with Gasteiger partial charge in [0.05, 0.1) is 118 Å². The van der Waals surface area contributed by atoms with Crippen molar-refractivity contribution >= 4 is 0 Å². The lowest BCUT2D eigenvalue weighted by atomic mass is 10.0. The summed E-state index contributed by atoms with van der Waals surface area (Å²) in [6, 6.07) is 0. The third kappa shape index (κ3) is 34.3. The first-order chi connectivity index (χ1) is 21.1. The first-order valence-corrected chi connectivity index (χ1v) is 17.0. The molecule has 260 valence electrons. The normalized spacial score (nSPS) is 13.9. The van der Waals surface area contributed by atoms with Crippen molar-refractivity contribution in [1.82, 2.24) is 0 Å². The van der Waals surface area contributed by atoms with Crippen LogP contribution in [0.15, 0.2) is 0 Å². The van der Waals surface area contributed by atoms with Crippen molar-refractivity contribution in [2.24, 2.45) is 5.92 Å². The van der Waals surface area contributed by atoms with E-state index in [1.54, 1.807) is 0 Å². The van der Waals surface area contributed by atoms with Crippen molar-refractivity contribution in [3.8, 4) is 0 Å². The Labute approximate surface area is 263 Å². The van der Waals surface area contributed by atoms with Crippen LogP contribution in [0, 0.1) is 5.92 Å². The van der Waals surface area contributed by atoms with Gasteiger partial charge in [0.2, 0.25) is 0 Å². The molecule has 3 atom stereocenters. The Morgan fingerprint density at radius 2 is 0.767 bits per heavy atom. The molecule has 10 heteroatoms. The van der Waals surface area contributed by atoms with Gasteiger partial charge in [-0.25, -0.2) is 0 Å². The molecule has 0 spiro atoms.